The molecule has 0 saturated carbocycles. The molecule has 100 valence electrons. The van der Waals surface area contributed by atoms with Crippen molar-refractivity contribution >= 4 is 5.91 Å². The van der Waals surface area contributed by atoms with Gasteiger partial charge in [0.05, 0.1) is 0 Å². The Balaban J connectivity index is 2.04. The number of hydrogen-bond donors (Lipinski definition) is 2. The molecule has 2 unspecified atom stereocenters. The fourth-order valence-electron chi connectivity index (χ4n) is 3.29. The molecule has 2 aliphatic heterocycles. The predicted molar refractivity (Wildman–Crippen MR) is 67.7 cm³/mol. The van der Waals surface area contributed by atoms with E-state index in [1.54, 1.807) is 0 Å². The molecular weight excluding hydrogens is 232 g/mol. The van der Waals surface area contributed by atoms with E-state index >= 15 is 0 Å². The molecule has 7 heteroatoms. The third kappa shape index (κ3) is 2.29. The molecule has 0 aromatic rings. The highest BCUT2D eigenvalue weighted by Crippen LogP contribution is 2.39. The van der Waals surface area contributed by atoms with Crippen molar-refractivity contribution < 1.29 is 4.79 Å². The zero-order valence-corrected chi connectivity index (χ0v) is 10.7. The first-order chi connectivity index (χ1) is 8.59. The van der Waals surface area contributed by atoms with Crippen LogP contribution in [0.3, 0.4) is 0 Å². The van der Waals surface area contributed by atoms with Crippen molar-refractivity contribution in [2.24, 2.45) is 10.8 Å². The van der Waals surface area contributed by atoms with Gasteiger partial charge in [-0.05, 0) is 38.3 Å². The van der Waals surface area contributed by atoms with Crippen molar-refractivity contribution in [2.75, 3.05) is 20.1 Å². The maximum absolute atomic E-state index is 11.8. The van der Waals surface area contributed by atoms with Gasteiger partial charge in [-0.3, -0.25) is 4.79 Å². The maximum Gasteiger partial charge on any atom is 0.237 e. The predicted octanol–water partition coefficient (Wildman–Crippen LogP) is 0.367. The Morgan fingerprint density at radius 3 is 2.67 bits per heavy atom. The molecule has 7 nitrogen and oxygen atoms in total. The SMILES string of the molecule is CN1C2CCC1CC(NCCN=[N+]=[N-])(C(N)=O)C2. The number of amides is 1. The molecular formula is C11H20N6O. The number of fused-ring (bicyclic) bond motifs is 2. The molecule has 2 aliphatic rings. The first-order valence-corrected chi connectivity index (χ1v) is 6.37. The number of piperidine rings is 1. The topological polar surface area (TPSA) is 107 Å². The minimum Gasteiger partial charge on any atom is -0.368 e. The molecule has 2 rings (SSSR count). The largest absolute Gasteiger partial charge is 0.368 e. The van der Waals surface area contributed by atoms with Gasteiger partial charge in [-0.1, -0.05) is 5.11 Å². The monoisotopic (exact) mass is 252 g/mol. The van der Waals surface area contributed by atoms with E-state index in [0.717, 1.165) is 25.7 Å². The van der Waals surface area contributed by atoms with Gasteiger partial charge in [-0.25, -0.2) is 0 Å². The number of nitrogens with one attached hydrogen (secondary N) is 1. The summed E-state index contributed by atoms with van der Waals surface area (Å²) >= 11 is 0. The second kappa shape index (κ2) is 5.14. The molecule has 1 amide bonds. The van der Waals surface area contributed by atoms with Gasteiger partial charge in [0.2, 0.25) is 5.91 Å². The number of azide groups is 1. The highest BCUT2D eigenvalue weighted by molar-refractivity contribution is 5.85. The Morgan fingerprint density at radius 2 is 2.17 bits per heavy atom. The number of carbonyl (C=O) groups excluding carboxylic acids is 1. The molecule has 0 spiro atoms. The van der Waals surface area contributed by atoms with Crippen LogP contribution in [0.1, 0.15) is 25.7 Å². The Labute approximate surface area is 106 Å². The quantitative estimate of drug-likeness (QED) is 0.319. The normalized spacial score (nSPS) is 35.2. The van der Waals surface area contributed by atoms with Crippen LogP contribution in [0.5, 0.6) is 0 Å². The van der Waals surface area contributed by atoms with Gasteiger partial charge in [0.15, 0.2) is 0 Å². The molecule has 2 saturated heterocycles. The lowest BCUT2D eigenvalue weighted by atomic mass is 9.82. The highest BCUT2D eigenvalue weighted by atomic mass is 16.1. The van der Waals surface area contributed by atoms with Crippen molar-refractivity contribution in [3.63, 3.8) is 0 Å². The molecule has 0 aliphatic carbocycles. The summed E-state index contributed by atoms with van der Waals surface area (Å²) in [5.41, 5.74) is 13.2. The van der Waals surface area contributed by atoms with E-state index in [4.69, 9.17) is 11.3 Å². The Hall–Kier alpha value is -1.30. The van der Waals surface area contributed by atoms with Gasteiger partial charge < -0.3 is 16.0 Å². The van der Waals surface area contributed by atoms with Crippen LogP contribution < -0.4 is 11.1 Å². The van der Waals surface area contributed by atoms with E-state index in [1.807, 2.05) is 0 Å². The number of rotatable bonds is 5. The van der Waals surface area contributed by atoms with Gasteiger partial charge in [0, 0.05) is 30.1 Å². The number of carbonyl (C=O) groups is 1. The second-order valence-corrected chi connectivity index (χ2v) is 5.29. The van der Waals surface area contributed by atoms with E-state index in [-0.39, 0.29) is 5.91 Å². The van der Waals surface area contributed by atoms with Crippen LogP contribution in [0.15, 0.2) is 5.11 Å². The highest BCUT2D eigenvalue weighted by Gasteiger charge is 2.49. The summed E-state index contributed by atoms with van der Waals surface area (Å²) in [5, 5.41) is 6.70. The third-order valence-electron chi connectivity index (χ3n) is 4.36. The Kier molecular flexibility index (Phi) is 3.75. The number of primary amides is 1. The number of nitrogens with zero attached hydrogens (tertiary/aromatic N) is 4. The van der Waals surface area contributed by atoms with Crippen molar-refractivity contribution in [1.82, 2.24) is 10.2 Å². The van der Waals surface area contributed by atoms with Gasteiger partial charge in [-0.15, -0.1) is 0 Å². The zero-order valence-electron chi connectivity index (χ0n) is 10.7. The van der Waals surface area contributed by atoms with Crippen LogP contribution in [0, 0.1) is 0 Å². The average Bonchev–Trinajstić information content (AvgIpc) is 2.58. The summed E-state index contributed by atoms with van der Waals surface area (Å²) in [5.74, 6) is -0.284. The lowest BCUT2D eigenvalue weighted by Crippen LogP contribution is -2.63. The second-order valence-electron chi connectivity index (χ2n) is 5.29. The summed E-state index contributed by atoms with van der Waals surface area (Å²) in [6.45, 7) is 0.840. The standard InChI is InChI=1S/C11H20N6O/c1-17-8-2-3-9(17)7-11(6-8,10(12)18)14-4-5-15-16-13/h8-9,14H,2-7H2,1H3,(H2,12,18). The van der Waals surface area contributed by atoms with E-state index in [2.05, 4.69) is 27.3 Å². The van der Waals surface area contributed by atoms with Crippen molar-refractivity contribution in [3.8, 4) is 0 Å². The summed E-state index contributed by atoms with van der Waals surface area (Å²) in [6.07, 6.45) is 3.78. The van der Waals surface area contributed by atoms with E-state index in [1.165, 1.54) is 0 Å². The van der Waals surface area contributed by atoms with Crippen LogP contribution in [-0.2, 0) is 4.79 Å². The summed E-state index contributed by atoms with van der Waals surface area (Å²) in [6, 6.07) is 0.867. The molecule has 2 bridgehead atoms. The van der Waals surface area contributed by atoms with E-state index in [9.17, 15) is 4.79 Å². The fourth-order valence-corrected chi connectivity index (χ4v) is 3.29. The molecule has 0 aromatic heterocycles. The molecule has 2 heterocycles. The summed E-state index contributed by atoms with van der Waals surface area (Å²) in [7, 11) is 2.12. The summed E-state index contributed by atoms with van der Waals surface area (Å²) < 4.78 is 0. The minimum atomic E-state index is -0.622. The van der Waals surface area contributed by atoms with E-state index < -0.39 is 5.54 Å². The average molecular weight is 252 g/mol. The molecule has 2 fully saturated rings. The van der Waals surface area contributed by atoms with Gasteiger partial charge in [0.1, 0.15) is 5.54 Å². The molecule has 0 radical (unpaired) electrons. The first-order valence-electron chi connectivity index (χ1n) is 6.37. The Morgan fingerprint density at radius 1 is 1.56 bits per heavy atom. The smallest absolute Gasteiger partial charge is 0.237 e. The van der Waals surface area contributed by atoms with Crippen LogP contribution in [0.2, 0.25) is 0 Å². The number of nitrogens with two attached hydrogens (primary N) is 1. The third-order valence-corrected chi connectivity index (χ3v) is 4.36. The minimum absolute atomic E-state index is 0.284. The Bertz CT molecular complexity index is 364. The van der Waals surface area contributed by atoms with Gasteiger partial charge in [0.25, 0.3) is 0 Å². The zero-order chi connectivity index (χ0) is 13.2. The van der Waals surface area contributed by atoms with Crippen molar-refractivity contribution in [1.29, 1.82) is 0 Å². The molecule has 0 aromatic carbocycles. The van der Waals surface area contributed by atoms with Gasteiger partial charge >= 0.3 is 0 Å². The van der Waals surface area contributed by atoms with Crippen LogP contribution in [0.4, 0.5) is 0 Å². The van der Waals surface area contributed by atoms with Crippen molar-refractivity contribution in [3.05, 3.63) is 10.4 Å². The van der Waals surface area contributed by atoms with Crippen LogP contribution in [0.25, 0.3) is 10.4 Å². The molecule has 18 heavy (non-hydrogen) atoms. The molecule has 2 atom stereocenters. The first kappa shape index (κ1) is 13.1. The number of hydrogen-bond acceptors (Lipinski definition) is 4. The van der Waals surface area contributed by atoms with Gasteiger partial charge in [-0.2, -0.15) is 0 Å². The van der Waals surface area contributed by atoms with Crippen molar-refractivity contribution in [2.45, 2.75) is 43.3 Å². The lowest BCUT2D eigenvalue weighted by molar-refractivity contribution is -0.127. The summed E-state index contributed by atoms with van der Waals surface area (Å²) in [4.78, 5) is 16.9. The van der Waals surface area contributed by atoms with E-state index in [0.29, 0.717) is 25.2 Å². The lowest BCUT2D eigenvalue weighted by Gasteiger charge is -2.43. The van der Waals surface area contributed by atoms with Crippen LogP contribution >= 0.6 is 0 Å². The van der Waals surface area contributed by atoms with Crippen LogP contribution in [-0.4, -0.2) is 48.6 Å². The maximum atomic E-state index is 11.8. The fraction of sp³-hybridized carbons (Fsp3) is 0.909. The molecule has 3 N–H and O–H groups in total.